The van der Waals surface area contributed by atoms with Crippen molar-refractivity contribution in [2.24, 2.45) is 0 Å². The largest absolute Gasteiger partial charge is 0.573 e. The zero-order chi connectivity index (χ0) is 22.7. The highest BCUT2D eigenvalue weighted by Crippen LogP contribution is 2.36. The van der Waals surface area contributed by atoms with Crippen LogP contribution in [0.4, 0.5) is 44.3 Å². The van der Waals surface area contributed by atoms with Gasteiger partial charge in [-0.25, -0.2) is 9.10 Å². The molecule has 1 aromatic carbocycles. The Morgan fingerprint density at radius 1 is 0.933 bits per heavy atom. The molecular formula is C15H13F9N2O3S. The highest BCUT2D eigenvalue weighted by atomic mass is 32.2. The van der Waals surface area contributed by atoms with Gasteiger partial charge >= 0.3 is 24.8 Å². The van der Waals surface area contributed by atoms with Crippen LogP contribution in [0, 0.1) is 0 Å². The Balaban J connectivity index is 1.90. The molecule has 0 radical (unpaired) electrons. The number of rotatable bonds is 4. The van der Waals surface area contributed by atoms with Crippen molar-refractivity contribution in [3.8, 4) is 5.75 Å². The van der Waals surface area contributed by atoms with Crippen LogP contribution in [-0.4, -0.2) is 66.3 Å². The van der Waals surface area contributed by atoms with Gasteiger partial charge in [0, 0.05) is 31.1 Å². The summed E-state index contributed by atoms with van der Waals surface area (Å²) in [4.78, 5) is 12.7. The molecule has 2 rings (SSSR count). The maximum Gasteiger partial charge on any atom is 0.573 e. The first-order chi connectivity index (χ1) is 13.6. The average Bonchev–Trinajstić information content (AvgIpc) is 2.57. The summed E-state index contributed by atoms with van der Waals surface area (Å²) < 4.78 is 121. The molecule has 0 unspecified atom stereocenters. The van der Waals surface area contributed by atoms with Crippen molar-refractivity contribution >= 4 is 18.0 Å². The number of alkyl halides is 9. The fraction of sp³-hybridized carbons (Fsp3) is 0.533. The first-order valence-electron chi connectivity index (χ1n) is 8.03. The van der Waals surface area contributed by atoms with Gasteiger partial charge < -0.3 is 14.4 Å². The highest BCUT2D eigenvalue weighted by molar-refractivity contribution is 7.97. The lowest BCUT2D eigenvalue weighted by atomic mass is 10.3. The molecule has 0 saturated carbocycles. The number of piperazine rings is 1. The lowest BCUT2D eigenvalue weighted by Crippen LogP contribution is -2.51. The van der Waals surface area contributed by atoms with Crippen LogP contribution in [0.5, 0.6) is 5.75 Å². The molecule has 1 fully saturated rings. The number of benzene rings is 1. The molecule has 0 spiro atoms. The molecule has 0 aromatic heterocycles. The minimum Gasteiger partial charge on any atom is -0.426 e. The summed E-state index contributed by atoms with van der Waals surface area (Å²) in [5.41, 5.74) is 0. The van der Waals surface area contributed by atoms with Crippen molar-refractivity contribution in [1.29, 1.82) is 0 Å². The fourth-order valence-electron chi connectivity index (χ4n) is 2.33. The molecule has 1 heterocycles. The smallest absolute Gasteiger partial charge is 0.426 e. The second-order valence-electron chi connectivity index (χ2n) is 5.88. The topological polar surface area (TPSA) is 42.0 Å². The van der Waals surface area contributed by atoms with Crippen LogP contribution >= 0.6 is 11.9 Å². The lowest BCUT2D eigenvalue weighted by molar-refractivity contribution is -0.308. The molecule has 0 bridgehead atoms. The number of ether oxygens (including phenoxy) is 2. The van der Waals surface area contributed by atoms with E-state index >= 15 is 0 Å². The van der Waals surface area contributed by atoms with E-state index in [1.165, 1.54) is 12.1 Å². The number of hydrogen-bond acceptors (Lipinski definition) is 5. The van der Waals surface area contributed by atoms with Crippen LogP contribution in [0.25, 0.3) is 0 Å². The van der Waals surface area contributed by atoms with Crippen LogP contribution < -0.4 is 4.74 Å². The third-order valence-corrected chi connectivity index (χ3v) is 4.67. The van der Waals surface area contributed by atoms with Crippen LogP contribution in [0.15, 0.2) is 29.2 Å². The maximum atomic E-state index is 12.5. The summed E-state index contributed by atoms with van der Waals surface area (Å²) in [6.45, 7) is -0.445. The highest BCUT2D eigenvalue weighted by Gasteiger charge is 2.60. The van der Waals surface area contributed by atoms with Gasteiger partial charge in [-0.15, -0.1) is 13.2 Å². The van der Waals surface area contributed by atoms with E-state index in [0.717, 1.165) is 24.1 Å². The van der Waals surface area contributed by atoms with Crippen molar-refractivity contribution in [2.45, 2.75) is 29.7 Å². The van der Waals surface area contributed by atoms with Crippen molar-refractivity contribution in [3.63, 3.8) is 0 Å². The third kappa shape index (κ3) is 7.34. The second-order valence-corrected chi connectivity index (χ2v) is 7.05. The van der Waals surface area contributed by atoms with E-state index < -0.39 is 36.7 Å². The summed E-state index contributed by atoms with van der Waals surface area (Å²) >= 11 is 0.988. The molecule has 170 valence electrons. The van der Waals surface area contributed by atoms with E-state index in [-0.39, 0.29) is 26.2 Å². The number of nitrogens with zero attached hydrogens (tertiary/aromatic N) is 2. The number of carbonyl (C=O) groups excluding carboxylic acids is 1. The minimum absolute atomic E-state index is 0.0207. The van der Waals surface area contributed by atoms with Crippen LogP contribution in [0.1, 0.15) is 0 Å². The predicted molar refractivity (Wildman–Crippen MR) is 84.5 cm³/mol. The SMILES string of the molecule is O=C(OC(C(F)(F)F)C(F)(F)F)N1CCN(Sc2cccc(OC(F)(F)F)c2)CC1. The quantitative estimate of drug-likeness (QED) is 0.464. The van der Waals surface area contributed by atoms with Crippen LogP contribution in [-0.2, 0) is 4.74 Å². The van der Waals surface area contributed by atoms with Gasteiger partial charge in [0.1, 0.15) is 5.75 Å². The van der Waals surface area contributed by atoms with Crippen LogP contribution in [0.2, 0.25) is 0 Å². The number of halogens is 9. The Morgan fingerprint density at radius 3 is 2.00 bits per heavy atom. The first kappa shape index (κ1) is 24.2. The number of hydrogen-bond donors (Lipinski definition) is 0. The first-order valence-corrected chi connectivity index (χ1v) is 8.80. The molecule has 1 aliphatic heterocycles. The molecule has 15 heteroatoms. The molecule has 30 heavy (non-hydrogen) atoms. The molecule has 1 amide bonds. The Labute approximate surface area is 167 Å². The van der Waals surface area contributed by atoms with Crippen LogP contribution in [0.3, 0.4) is 0 Å². The van der Waals surface area contributed by atoms with E-state index in [1.54, 1.807) is 4.31 Å². The van der Waals surface area contributed by atoms with E-state index in [1.807, 2.05) is 0 Å². The molecule has 1 saturated heterocycles. The van der Waals surface area contributed by atoms with Gasteiger partial charge in [-0.3, -0.25) is 0 Å². The Hall–Kier alpha value is -2.03. The van der Waals surface area contributed by atoms with Crippen molar-refractivity contribution in [2.75, 3.05) is 26.2 Å². The normalized spacial score (nSPS) is 16.7. The molecule has 0 atom stereocenters. The van der Waals surface area contributed by atoms with Gasteiger partial charge in [-0.2, -0.15) is 26.3 Å². The summed E-state index contributed by atoms with van der Waals surface area (Å²) in [6.07, 6.45) is -22.5. The lowest BCUT2D eigenvalue weighted by Gasteiger charge is -2.34. The minimum atomic E-state index is -5.81. The van der Waals surface area contributed by atoms with E-state index in [0.29, 0.717) is 9.80 Å². The van der Waals surface area contributed by atoms with Gasteiger partial charge in [0.05, 0.1) is 0 Å². The summed E-state index contributed by atoms with van der Waals surface area (Å²) in [5.74, 6) is -0.458. The van der Waals surface area contributed by atoms with Crippen molar-refractivity contribution in [1.82, 2.24) is 9.21 Å². The molecule has 0 N–H and O–H groups in total. The number of carbonyl (C=O) groups is 1. The van der Waals surface area contributed by atoms with Gasteiger partial charge in [0.25, 0.3) is 6.10 Å². The molecule has 5 nitrogen and oxygen atoms in total. The Morgan fingerprint density at radius 2 is 1.50 bits per heavy atom. The molecular weight excluding hydrogens is 459 g/mol. The molecule has 1 aromatic rings. The summed E-state index contributed by atoms with van der Waals surface area (Å²) in [5, 5.41) is 0. The zero-order valence-electron chi connectivity index (χ0n) is 14.6. The monoisotopic (exact) mass is 472 g/mol. The standard InChI is InChI=1S/C15H13F9N2O3S/c16-13(17,18)11(14(19,20)21)28-12(27)25-4-6-26(7-5-25)30-10-3-1-2-9(8-10)29-15(22,23)24/h1-3,8,11H,4-7H2. The van der Waals surface area contributed by atoms with Gasteiger partial charge in [0.2, 0.25) is 0 Å². The van der Waals surface area contributed by atoms with E-state index in [9.17, 15) is 44.3 Å². The molecule has 0 aliphatic carbocycles. The van der Waals surface area contributed by atoms with Gasteiger partial charge in [-0.05, 0) is 30.1 Å². The van der Waals surface area contributed by atoms with E-state index in [4.69, 9.17) is 0 Å². The second kappa shape index (κ2) is 8.99. The van der Waals surface area contributed by atoms with Crippen molar-refractivity contribution < 1.29 is 53.8 Å². The average molecular weight is 472 g/mol. The van der Waals surface area contributed by atoms with Crippen molar-refractivity contribution in [3.05, 3.63) is 24.3 Å². The van der Waals surface area contributed by atoms with Gasteiger partial charge in [-0.1, -0.05) is 6.07 Å². The van der Waals surface area contributed by atoms with E-state index in [2.05, 4.69) is 9.47 Å². The third-order valence-electron chi connectivity index (χ3n) is 3.58. The fourth-order valence-corrected chi connectivity index (χ4v) is 3.29. The predicted octanol–water partition coefficient (Wildman–Crippen LogP) is 4.84. The Bertz CT molecular complexity index is 717. The summed E-state index contributed by atoms with van der Waals surface area (Å²) in [6, 6.07) is 4.98. The maximum absolute atomic E-state index is 12.5. The Kier molecular flexibility index (Phi) is 7.27. The zero-order valence-corrected chi connectivity index (χ0v) is 15.5. The van der Waals surface area contributed by atoms with Gasteiger partial charge in [0.15, 0.2) is 0 Å². The number of amides is 1. The molecule has 1 aliphatic rings. The summed E-state index contributed by atoms with van der Waals surface area (Å²) in [7, 11) is 0.